The quantitative estimate of drug-likeness (QED) is 0.265. The van der Waals surface area contributed by atoms with Crippen molar-refractivity contribution >= 4 is 29.9 Å². The van der Waals surface area contributed by atoms with Gasteiger partial charge in [0.25, 0.3) is 0 Å². The number of hydrogen-bond acceptors (Lipinski definition) is 1. The molecular formula is C15H23FIN3. The summed E-state index contributed by atoms with van der Waals surface area (Å²) >= 11 is 0. The van der Waals surface area contributed by atoms with Crippen molar-refractivity contribution in [3.8, 4) is 0 Å². The third kappa shape index (κ3) is 6.88. The van der Waals surface area contributed by atoms with Gasteiger partial charge in [-0.2, -0.15) is 0 Å². The van der Waals surface area contributed by atoms with E-state index in [2.05, 4.69) is 21.8 Å². The van der Waals surface area contributed by atoms with Crippen LogP contribution in [0.4, 0.5) is 4.39 Å². The normalized spacial score (nSPS) is 10.7. The molecule has 0 aromatic heterocycles. The molecule has 0 heterocycles. The number of halogens is 2. The molecule has 0 fully saturated rings. The van der Waals surface area contributed by atoms with Crippen LogP contribution in [0.25, 0.3) is 0 Å². The van der Waals surface area contributed by atoms with E-state index in [4.69, 9.17) is 0 Å². The first-order chi connectivity index (χ1) is 9.17. The van der Waals surface area contributed by atoms with Gasteiger partial charge < -0.3 is 10.2 Å². The van der Waals surface area contributed by atoms with E-state index in [1.807, 2.05) is 13.1 Å². The zero-order chi connectivity index (χ0) is 14.1. The van der Waals surface area contributed by atoms with Crippen LogP contribution < -0.4 is 5.32 Å². The Morgan fingerprint density at radius 3 is 2.60 bits per heavy atom. The minimum absolute atomic E-state index is 0. The number of benzene rings is 1. The van der Waals surface area contributed by atoms with Crippen LogP contribution in [0.15, 0.2) is 41.9 Å². The van der Waals surface area contributed by atoms with Crippen molar-refractivity contribution in [3.63, 3.8) is 0 Å². The van der Waals surface area contributed by atoms with Crippen LogP contribution in [-0.2, 0) is 6.54 Å². The van der Waals surface area contributed by atoms with E-state index in [1.54, 1.807) is 19.2 Å². The van der Waals surface area contributed by atoms with Gasteiger partial charge in [-0.1, -0.05) is 18.2 Å². The Hall–Kier alpha value is -1.11. The molecule has 0 atom stereocenters. The van der Waals surface area contributed by atoms with Crippen LogP contribution in [-0.4, -0.2) is 31.5 Å². The van der Waals surface area contributed by atoms with E-state index in [9.17, 15) is 4.39 Å². The fraction of sp³-hybridized carbons (Fsp3) is 0.400. The summed E-state index contributed by atoms with van der Waals surface area (Å²) in [5.41, 5.74) is 1.03. The largest absolute Gasteiger partial charge is 0.352 e. The Kier molecular flexibility index (Phi) is 10.1. The van der Waals surface area contributed by atoms with Crippen molar-refractivity contribution in [2.24, 2.45) is 4.99 Å². The van der Waals surface area contributed by atoms with Gasteiger partial charge in [0, 0.05) is 27.2 Å². The maximum absolute atomic E-state index is 12.8. The van der Waals surface area contributed by atoms with Gasteiger partial charge in [0.2, 0.25) is 0 Å². The maximum Gasteiger partial charge on any atom is 0.193 e. The first kappa shape index (κ1) is 18.9. The molecule has 5 heteroatoms. The highest BCUT2D eigenvalue weighted by molar-refractivity contribution is 14.0. The summed E-state index contributed by atoms with van der Waals surface area (Å²) in [5, 5.41) is 3.26. The first-order valence-corrected chi connectivity index (χ1v) is 6.44. The molecule has 0 radical (unpaired) electrons. The van der Waals surface area contributed by atoms with E-state index in [-0.39, 0.29) is 29.8 Å². The van der Waals surface area contributed by atoms with E-state index in [0.717, 1.165) is 30.9 Å². The summed E-state index contributed by atoms with van der Waals surface area (Å²) in [4.78, 5) is 6.31. The molecule has 0 saturated carbocycles. The lowest BCUT2D eigenvalue weighted by Crippen LogP contribution is -2.38. The summed E-state index contributed by atoms with van der Waals surface area (Å²) in [7, 11) is 3.76. The molecule has 0 aliphatic rings. The number of rotatable bonds is 6. The van der Waals surface area contributed by atoms with Crippen LogP contribution in [0, 0.1) is 5.82 Å². The number of nitrogens with one attached hydrogen (secondary N) is 1. The highest BCUT2D eigenvalue weighted by atomic mass is 127. The summed E-state index contributed by atoms with van der Waals surface area (Å²) in [6.45, 7) is 5.27. The standard InChI is InChI=1S/C15H22FN3.HI/c1-4-5-6-11-19(3)15(17-2)18-12-13-7-9-14(16)10-8-13;/h4,7-10H,1,5-6,11-12H2,2-3H3,(H,17,18);1H. The lowest BCUT2D eigenvalue weighted by Gasteiger charge is -2.21. The van der Waals surface area contributed by atoms with Crippen molar-refractivity contribution in [1.29, 1.82) is 0 Å². The Balaban J connectivity index is 0.00000361. The monoisotopic (exact) mass is 391 g/mol. The van der Waals surface area contributed by atoms with Gasteiger partial charge >= 0.3 is 0 Å². The maximum atomic E-state index is 12.8. The van der Waals surface area contributed by atoms with E-state index < -0.39 is 0 Å². The molecule has 1 aromatic rings. The van der Waals surface area contributed by atoms with Gasteiger partial charge in [-0.3, -0.25) is 4.99 Å². The van der Waals surface area contributed by atoms with Crippen molar-refractivity contribution in [3.05, 3.63) is 48.3 Å². The third-order valence-electron chi connectivity index (χ3n) is 2.84. The van der Waals surface area contributed by atoms with Crippen LogP contribution in [0.2, 0.25) is 0 Å². The molecule has 112 valence electrons. The number of nitrogens with zero attached hydrogens (tertiary/aromatic N) is 2. The van der Waals surface area contributed by atoms with E-state index >= 15 is 0 Å². The number of hydrogen-bond donors (Lipinski definition) is 1. The van der Waals surface area contributed by atoms with Crippen LogP contribution in [0.1, 0.15) is 18.4 Å². The summed E-state index contributed by atoms with van der Waals surface area (Å²) in [6, 6.07) is 6.47. The molecule has 1 aromatic carbocycles. The zero-order valence-electron chi connectivity index (χ0n) is 12.1. The SMILES string of the molecule is C=CCCCN(C)C(=NC)NCc1ccc(F)cc1.I. The molecule has 0 aliphatic heterocycles. The van der Waals surface area contributed by atoms with Gasteiger partial charge in [0.15, 0.2) is 5.96 Å². The molecule has 0 unspecified atom stereocenters. The summed E-state index contributed by atoms with van der Waals surface area (Å²) < 4.78 is 12.8. The van der Waals surface area contributed by atoms with Crippen molar-refractivity contribution in [2.45, 2.75) is 19.4 Å². The van der Waals surface area contributed by atoms with Gasteiger partial charge in [-0.15, -0.1) is 30.6 Å². The van der Waals surface area contributed by atoms with Crippen LogP contribution in [0.5, 0.6) is 0 Å². The second-order valence-electron chi connectivity index (χ2n) is 4.38. The van der Waals surface area contributed by atoms with Crippen molar-refractivity contribution in [1.82, 2.24) is 10.2 Å². The van der Waals surface area contributed by atoms with Crippen LogP contribution in [0.3, 0.4) is 0 Å². The second-order valence-corrected chi connectivity index (χ2v) is 4.38. The van der Waals surface area contributed by atoms with Crippen molar-refractivity contribution < 1.29 is 4.39 Å². The van der Waals surface area contributed by atoms with Gasteiger partial charge in [-0.05, 0) is 30.5 Å². The molecule has 0 spiro atoms. The number of guanidine groups is 1. The highest BCUT2D eigenvalue weighted by Gasteiger charge is 2.04. The summed E-state index contributed by atoms with van der Waals surface area (Å²) in [6.07, 6.45) is 3.97. The van der Waals surface area contributed by atoms with Gasteiger partial charge in [0.05, 0.1) is 0 Å². The number of allylic oxidation sites excluding steroid dienone is 1. The lowest BCUT2D eigenvalue weighted by atomic mass is 10.2. The van der Waals surface area contributed by atoms with Gasteiger partial charge in [-0.25, -0.2) is 4.39 Å². The third-order valence-corrected chi connectivity index (χ3v) is 2.84. The molecular weight excluding hydrogens is 368 g/mol. The Labute approximate surface area is 138 Å². The van der Waals surface area contributed by atoms with Gasteiger partial charge in [0.1, 0.15) is 5.82 Å². The molecule has 0 bridgehead atoms. The van der Waals surface area contributed by atoms with Crippen molar-refractivity contribution in [2.75, 3.05) is 20.6 Å². The average molecular weight is 391 g/mol. The molecule has 20 heavy (non-hydrogen) atoms. The Bertz CT molecular complexity index is 418. The molecule has 3 nitrogen and oxygen atoms in total. The number of unbranched alkanes of at least 4 members (excludes halogenated alkanes) is 1. The first-order valence-electron chi connectivity index (χ1n) is 6.44. The van der Waals surface area contributed by atoms with E-state index in [1.165, 1.54) is 12.1 Å². The second kappa shape index (κ2) is 10.7. The molecule has 0 saturated heterocycles. The Morgan fingerprint density at radius 1 is 1.40 bits per heavy atom. The van der Waals surface area contributed by atoms with E-state index in [0.29, 0.717) is 6.54 Å². The lowest BCUT2D eigenvalue weighted by molar-refractivity contribution is 0.470. The molecule has 1 N–H and O–H groups in total. The predicted octanol–water partition coefficient (Wildman–Crippen LogP) is 3.42. The highest BCUT2D eigenvalue weighted by Crippen LogP contribution is 2.02. The zero-order valence-corrected chi connectivity index (χ0v) is 14.4. The molecule has 1 rings (SSSR count). The summed E-state index contributed by atoms with van der Waals surface area (Å²) in [5.74, 6) is 0.628. The smallest absolute Gasteiger partial charge is 0.193 e. The minimum Gasteiger partial charge on any atom is -0.352 e. The predicted molar refractivity (Wildman–Crippen MR) is 94.1 cm³/mol. The van der Waals surface area contributed by atoms with Crippen LogP contribution >= 0.6 is 24.0 Å². The molecule has 0 aliphatic carbocycles. The Morgan fingerprint density at radius 2 is 2.05 bits per heavy atom. The fourth-order valence-electron chi connectivity index (χ4n) is 1.75. The fourth-order valence-corrected chi connectivity index (χ4v) is 1.75. The average Bonchev–Trinajstić information content (AvgIpc) is 2.42. The number of aliphatic imine (C=N–C) groups is 1. The minimum atomic E-state index is -0.213. The molecule has 0 amide bonds. The topological polar surface area (TPSA) is 27.6 Å².